The van der Waals surface area contributed by atoms with E-state index in [2.05, 4.69) is 21.2 Å². The number of carbonyl (C=O) groups excluding carboxylic acids is 2. The van der Waals surface area contributed by atoms with E-state index in [4.69, 9.17) is 0 Å². The summed E-state index contributed by atoms with van der Waals surface area (Å²) in [5, 5.41) is 2.75. The fourth-order valence-corrected chi connectivity index (χ4v) is 3.75. The van der Waals surface area contributed by atoms with Crippen molar-refractivity contribution in [3.63, 3.8) is 0 Å². The van der Waals surface area contributed by atoms with Gasteiger partial charge in [-0.2, -0.15) is 0 Å². The van der Waals surface area contributed by atoms with Crippen LogP contribution in [0.15, 0.2) is 15.9 Å². The van der Waals surface area contributed by atoms with E-state index in [0.717, 1.165) is 15.1 Å². The smallest absolute Gasteiger partial charge is 0.245 e. The minimum atomic E-state index is -0.427. The average Bonchev–Trinajstić information content (AvgIpc) is 2.76. The molecule has 2 atom stereocenters. The van der Waals surface area contributed by atoms with Crippen molar-refractivity contribution >= 4 is 39.1 Å². The number of piperazine rings is 1. The number of nitrogens with zero attached hydrogens (tertiary/aromatic N) is 1. The molecule has 104 valence electrons. The first-order valence-corrected chi connectivity index (χ1v) is 7.99. The van der Waals surface area contributed by atoms with Crippen molar-refractivity contribution in [3.8, 4) is 0 Å². The molecule has 0 saturated carbocycles. The summed E-state index contributed by atoms with van der Waals surface area (Å²) in [6, 6.07) is 3.19. The van der Waals surface area contributed by atoms with E-state index in [1.165, 1.54) is 0 Å². The maximum Gasteiger partial charge on any atom is 0.245 e. The van der Waals surface area contributed by atoms with Gasteiger partial charge in [0.05, 0.1) is 10.3 Å². The Labute approximate surface area is 125 Å². The third-order valence-electron chi connectivity index (χ3n) is 3.21. The molecule has 0 aromatic carbocycles. The van der Waals surface area contributed by atoms with Crippen LogP contribution in [0.4, 0.5) is 0 Å². The second-order valence-electron chi connectivity index (χ2n) is 4.71. The molecule has 1 saturated heterocycles. The molecule has 0 bridgehead atoms. The Balaban J connectivity index is 2.20. The van der Waals surface area contributed by atoms with E-state index in [-0.39, 0.29) is 17.9 Å². The lowest BCUT2D eigenvalue weighted by atomic mass is 10.0. The van der Waals surface area contributed by atoms with Gasteiger partial charge in [-0.15, -0.1) is 11.3 Å². The lowest BCUT2D eigenvalue weighted by molar-refractivity contribution is -0.149. The third-order valence-corrected chi connectivity index (χ3v) is 4.82. The Morgan fingerprint density at radius 1 is 1.42 bits per heavy atom. The molecule has 0 aliphatic carbocycles. The van der Waals surface area contributed by atoms with Crippen molar-refractivity contribution in [3.05, 3.63) is 20.8 Å². The van der Waals surface area contributed by atoms with E-state index in [0.29, 0.717) is 13.0 Å². The summed E-state index contributed by atoms with van der Waals surface area (Å²) in [4.78, 5) is 27.1. The monoisotopic (exact) mass is 344 g/mol. The Hall–Kier alpha value is -0.880. The highest BCUT2D eigenvalue weighted by atomic mass is 79.9. The van der Waals surface area contributed by atoms with E-state index in [9.17, 15) is 9.59 Å². The number of thiophene rings is 1. The molecule has 1 aliphatic rings. The SMILES string of the molecule is CCCC1C(=O)NC(C)C(=O)N1Cc1ccc(Br)s1. The molecule has 1 aromatic rings. The van der Waals surface area contributed by atoms with Crippen molar-refractivity contribution in [2.24, 2.45) is 0 Å². The minimum Gasteiger partial charge on any atom is -0.343 e. The Morgan fingerprint density at radius 3 is 2.74 bits per heavy atom. The topological polar surface area (TPSA) is 49.4 Å². The number of rotatable bonds is 4. The molecule has 19 heavy (non-hydrogen) atoms. The number of amides is 2. The first-order valence-electron chi connectivity index (χ1n) is 6.38. The van der Waals surface area contributed by atoms with Crippen LogP contribution < -0.4 is 5.32 Å². The Bertz CT molecular complexity index is 489. The highest BCUT2D eigenvalue weighted by Gasteiger charge is 2.37. The predicted molar refractivity (Wildman–Crippen MR) is 78.9 cm³/mol. The Kier molecular flexibility index (Phi) is 4.62. The van der Waals surface area contributed by atoms with Crippen LogP contribution in [-0.4, -0.2) is 28.8 Å². The zero-order chi connectivity index (χ0) is 14.0. The summed E-state index contributed by atoms with van der Waals surface area (Å²) < 4.78 is 1.04. The van der Waals surface area contributed by atoms with Crippen molar-refractivity contribution in [2.75, 3.05) is 0 Å². The molecule has 6 heteroatoms. The number of carbonyl (C=O) groups is 2. The highest BCUT2D eigenvalue weighted by molar-refractivity contribution is 9.11. The molecule has 1 fully saturated rings. The molecule has 1 aromatic heterocycles. The van der Waals surface area contributed by atoms with Gasteiger partial charge in [0, 0.05) is 4.88 Å². The fraction of sp³-hybridized carbons (Fsp3) is 0.538. The van der Waals surface area contributed by atoms with Crippen molar-refractivity contribution in [1.82, 2.24) is 10.2 Å². The molecule has 1 aliphatic heterocycles. The maximum atomic E-state index is 12.3. The van der Waals surface area contributed by atoms with Crippen LogP contribution in [0.3, 0.4) is 0 Å². The van der Waals surface area contributed by atoms with Crippen LogP contribution >= 0.6 is 27.3 Å². The van der Waals surface area contributed by atoms with Gasteiger partial charge in [0.1, 0.15) is 12.1 Å². The molecular weight excluding hydrogens is 328 g/mol. The van der Waals surface area contributed by atoms with Gasteiger partial charge in [-0.25, -0.2) is 0 Å². The van der Waals surface area contributed by atoms with E-state index in [1.807, 2.05) is 19.1 Å². The molecule has 2 heterocycles. The molecule has 0 radical (unpaired) electrons. The van der Waals surface area contributed by atoms with Crippen molar-refractivity contribution < 1.29 is 9.59 Å². The zero-order valence-electron chi connectivity index (χ0n) is 11.0. The maximum absolute atomic E-state index is 12.3. The summed E-state index contributed by atoms with van der Waals surface area (Å²) in [5.41, 5.74) is 0. The number of hydrogen-bond acceptors (Lipinski definition) is 3. The van der Waals surface area contributed by atoms with Gasteiger partial charge in [-0.05, 0) is 41.4 Å². The average molecular weight is 345 g/mol. The van der Waals surface area contributed by atoms with Crippen LogP contribution in [0.1, 0.15) is 31.6 Å². The lowest BCUT2D eigenvalue weighted by Gasteiger charge is -2.37. The summed E-state index contributed by atoms with van der Waals surface area (Å²) in [7, 11) is 0. The molecule has 2 rings (SSSR count). The van der Waals surface area contributed by atoms with Crippen molar-refractivity contribution in [1.29, 1.82) is 0 Å². The molecule has 4 nitrogen and oxygen atoms in total. The van der Waals surface area contributed by atoms with Gasteiger partial charge in [0.2, 0.25) is 11.8 Å². The van der Waals surface area contributed by atoms with Gasteiger partial charge in [0.25, 0.3) is 0 Å². The van der Waals surface area contributed by atoms with E-state index >= 15 is 0 Å². The third kappa shape index (κ3) is 3.17. The molecule has 1 N–H and O–H groups in total. The second-order valence-corrected chi connectivity index (χ2v) is 7.25. The first kappa shape index (κ1) is 14.5. The summed E-state index contributed by atoms with van der Waals surface area (Å²) in [6.45, 7) is 4.27. The van der Waals surface area contributed by atoms with Gasteiger partial charge in [-0.3, -0.25) is 9.59 Å². The second kappa shape index (κ2) is 6.05. The van der Waals surface area contributed by atoms with Gasteiger partial charge >= 0.3 is 0 Å². The summed E-state index contributed by atoms with van der Waals surface area (Å²) in [6.07, 6.45) is 1.58. The van der Waals surface area contributed by atoms with Crippen LogP contribution in [0.2, 0.25) is 0 Å². The quantitative estimate of drug-likeness (QED) is 0.912. The van der Waals surface area contributed by atoms with Crippen LogP contribution in [-0.2, 0) is 16.1 Å². The lowest BCUT2D eigenvalue weighted by Crippen LogP contribution is -2.61. The minimum absolute atomic E-state index is 0.00238. The predicted octanol–water partition coefficient (Wildman–Crippen LogP) is 2.53. The van der Waals surface area contributed by atoms with Crippen LogP contribution in [0, 0.1) is 0 Å². The summed E-state index contributed by atoms with van der Waals surface area (Å²) >= 11 is 5.01. The van der Waals surface area contributed by atoms with Gasteiger partial charge in [0.15, 0.2) is 0 Å². The zero-order valence-corrected chi connectivity index (χ0v) is 13.4. The highest BCUT2D eigenvalue weighted by Crippen LogP contribution is 2.25. The van der Waals surface area contributed by atoms with E-state index < -0.39 is 6.04 Å². The summed E-state index contributed by atoms with van der Waals surface area (Å²) in [5.74, 6) is -0.0351. The fourth-order valence-electron chi connectivity index (χ4n) is 2.27. The van der Waals surface area contributed by atoms with Crippen LogP contribution in [0.5, 0.6) is 0 Å². The van der Waals surface area contributed by atoms with E-state index in [1.54, 1.807) is 23.2 Å². The van der Waals surface area contributed by atoms with Crippen molar-refractivity contribution in [2.45, 2.75) is 45.3 Å². The molecule has 2 amide bonds. The Morgan fingerprint density at radius 2 is 2.16 bits per heavy atom. The standard InChI is InChI=1S/C13H17BrN2O2S/c1-3-4-10-12(17)15-8(2)13(18)16(10)7-9-5-6-11(14)19-9/h5-6,8,10H,3-4,7H2,1-2H3,(H,15,17). The van der Waals surface area contributed by atoms with Crippen LogP contribution in [0.25, 0.3) is 0 Å². The number of hydrogen-bond donors (Lipinski definition) is 1. The normalized spacial score (nSPS) is 23.6. The number of halogens is 1. The molecular formula is C13H17BrN2O2S. The molecule has 2 unspecified atom stereocenters. The largest absolute Gasteiger partial charge is 0.343 e. The van der Waals surface area contributed by atoms with Gasteiger partial charge in [-0.1, -0.05) is 13.3 Å². The number of nitrogens with one attached hydrogen (secondary N) is 1. The van der Waals surface area contributed by atoms with Gasteiger partial charge < -0.3 is 10.2 Å². The molecule has 0 spiro atoms. The first-order chi connectivity index (χ1) is 9.02.